The second-order valence-corrected chi connectivity index (χ2v) is 13.5. The van der Waals surface area contributed by atoms with Crippen LogP contribution < -0.4 is 10.4 Å². The molecule has 0 unspecified atom stereocenters. The highest BCUT2D eigenvalue weighted by atomic mass is 28.4. The fourth-order valence-corrected chi connectivity index (χ4v) is 8.91. The number of hydrogen-bond donors (Lipinski definition) is 0. The van der Waals surface area contributed by atoms with Gasteiger partial charge in [0.2, 0.25) is 0 Å². The molecule has 0 fully saturated rings. The van der Waals surface area contributed by atoms with Crippen molar-refractivity contribution in [2.24, 2.45) is 17.0 Å². The van der Waals surface area contributed by atoms with Gasteiger partial charge in [0.1, 0.15) is 0 Å². The molecule has 0 N–H and O–H groups in total. The van der Waals surface area contributed by atoms with Crippen molar-refractivity contribution in [1.82, 2.24) is 0 Å². The molecule has 29 heavy (non-hydrogen) atoms. The van der Waals surface area contributed by atoms with Gasteiger partial charge >= 0.3 is 0 Å². The molecule has 0 aliphatic rings. The third kappa shape index (κ3) is 5.95. The Hall–Kier alpha value is -2.07. The molecule has 0 aliphatic carbocycles. The minimum atomic E-state index is -2.46. The van der Waals surface area contributed by atoms with E-state index in [1.807, 2.05) is 0 Å². The molecule has 2 rings (SSSR count). The summed E-state index contributed by atoms with van der Waals surface area (Å²) in [4.78, 5) is 2.86. The zero-order valence-electron chi connectivity index (χ0n) is 18.5. The van der Waals surface area contributed by atoms with Crippen LogP contribution in [0.3, 0.4) is 0 Å². The van der Waals surface area contributed by atoms with Crippen LogP contribution in [0, 0.1) is 11.8 Å². The van der Waals surface area contributed by atoms with Gasteiger partial charge in [-0.2, -0.15) is 0 Å². The molecule has 5 heteroatoms. The van der Waals surface area contributed by atoms with Crippen molar-refractivity contribution in [3.05, 3.63) is 71.1 Å². The van der Waals surface area contributed by atoms with Crippen LogP contribution in [0.4, 0.5) is 0 Å². The lowest BCUT2D eigenvalue weighted by Crippen LogP contribution is -2.66. The molecular weight excluding hydrogens is 374 g/mol. The normalized spacial score (nSPS) is 14.1. The van der Waals surface area contributed by atoms with E-state index < -0.39 is 8.32 Å². The first-order valence-electron chi connectivity index (χ1n) is 10.6. The van der Waals surface area contributed by atoms with E-state index in [1.165, 1.54) is 10.4 Å². The van der Waals surface area contributed by atoms with Gasteiger partial charge in [-0.3, -0.25) is 0 Å². The summed E-state index contributed by atoms with van der Waals surface area (Å²) >= 11 is 0. The fraction of sp³-hybridized carbons (Fsp3) is 0.500. The summed E-state index contributed by atoms with van der Waals surface area (Å²) in [6.45, 7) is 12.7. The molecule has 156 valence electrons. The van der Waals surface area contributed by atoms with Crippen molar-refractivity contribution in [2.75, 3.05) is 13.2 Å². The Labute approximate surface area is 177 Å². The molecule has 0 spiro atoms. The van der Waals surface area contributed by atoms with Crippen LogP contribution in [-0.4, -0.2) is 21.5 Å². The van der Waals surface area contributed by atoms with E-state index in [0.717, 1.165) is 19.4 Å². The lowest BCUT2D eigenvalue weighted by atomic mass is 9.95. The molecular formula is C24H35N3OSi. The molecule has 0 radical (unpaired) electrons. The van der Waals surface area contributed by atoms with E-state index in [0.29, 0.717) is 18.4 Å². The van der Waals surface area contributed by atoms with Gasteiger partial charge in [-0.15, -0.1) is 0 Å². The predicted octanol–water partition coefficient (Wildman–Crippen LogP) is 5.93. The Balaban J connectivity index is 2.28. The summed E-state index contributed by atoms with van der Waals surface area (Å²) in [6.07, 6.45) is 1.99. The zero-order valence-corrected chi connectivity index (χ0v) is 19.5. The van der Waals surface area contributed by atoms with Crippen LogP contribution in [0.2, 0.25) is 5.04 Å². The molecule has 0 saturated carbocycles. The summed E-state index contributed by atoms with van der Waals surface area (Å²) in [5, 5.41) is 6.32. The Bertz CT molecular complexity index is 743. The Morgan fingerprint density at radius 1 is 0.931 bits per heavy atom. The van der Waals surface area contributed by atoms with Gasteiger partial charge in [0.15, 0.2) is 0 Å². The van der Waals surface area contributed by atoms with Gasteiger partial charge in [0, 0.05) is 18.1 Å². The largest absolute Gasteiger partial charge is 0.407 e. The highest BCUT2D eigenvalue weighted by Crippen LogP contribution is 2.37. The highest BCUT2D eigenvalue weighted by Gasteiger charge is 2.50. The number of hydrogen-bond acceptors (Lipinski definition) is 2. The van der Waals surface area contributed by atoms with Crippen LogP contribution in [0.5, 0.6) is 0 Å². The van der Waals surface area contributed by atoms with Gasteiger partial charge in [-0.05, 0) is 45.6 Å². The SMILES string of the molecule is C[C@H](CCN=[N+]=[N-])C[C@@H](C)CO[Si](c1ccccc1)(c1ccccc1)C(C)(C)C. The van der Waals surface area contributed by atoms with Crippen molar-refractivity contribution < 1.29 is 4.43 Å². The smallest absolute Gasteiger partial charge is 0.261 e. The van der Waals surface area contributed by atoms with Crippen LogP contribution in [-0.2, 0) is 4.43 Å². The molecule has 0 amide bonds. The minimum Gasteiger partial charge on any atom is -0.407 e. The van der Waals surface area contributed by atoms with Crippen molar-refractivity contribution in [3.63, 3.8) is 0 Å². The molecule has 4 nitrogen and oxygen atoms in total. The molecule has 2 aromatic carbocycles. The maximum atomic E-state index is 8.47. The molecule has 0 aliphatic heterocycles. The summed E-state index contributed by atoms with van der Waals surface area (Å²) < 4.78 is 7.01. The maximum absolute atomic E-state index is 8.47. The molecule has 2 atom stereocenters. The zero-order chi connectivity index (χ0) is 21.3. The third-order valence-corrected chi connectivity index (χ3v) is 10.6. The molecule has 2 aromatic rings. The fourth-order valence-electron chi connectivity index (χ4n) is 4.22. The van der Waals surface area contributed by atoms with Gasteiger partial charge in [-0.25, -0.2) is 0 Å². The van der Waals surface area contributed by atoms with Gasteiger partial charge < -0.3 is 4.43 Å². The van der Waals surface area contributed by atoms with E-state index in [9.17, 15) is 0 Å². The second-order valence-electron chi connectivity index (χ2n) is 9.16. The first-order chi connectivity index (χ1) is 13.8. The third-order valence-electron chi connectivity index (χ3n) is 5.59. The second kappa shape index (κ2) is 10.6. The van der Waals surface area contributed by atoms with Gasteiger partial charge in [0.05, 0.1) is 0 Å². The number of rotatable bonds is 10. The summed E-state index contributed by atoms with van der Waals surface area (Å²) in [7, 11) is -2.46. The van der Waals surface area contributed by atoms with Crippen LogP contribution in [0.25, 0.3) is 10.4 Å². The quantitative estimate of drug-likeness (QED) is 0.208. The first-order valence-corrected chi connectivity index (χ1v) is 12.5. The Kier molecular flexibility index (Phi) is 8.51. The van der Waals surface area contributed by atoms with Crippen molar-refractivity contribution in [2.45, 2.75) is 52.5 Å². The number of benzene rings is 2. The highest BCUT2D eigenvalue weighted by molar-refractivity contribution is 6.99. The molecule has 0 aromatic heterocycles. The number of nitrogens with zero attached hydrogens (tertiary/aromatic N) is 3. The average Bonchev–Trinajstić information content (AvgIpc) is 2.69. The maximum Gasteiger partial charge on any atom is 0.261 e. The topological polar surface area (TPSA) is 58.0 Å². The Morgan fingerprint density at radius 3 is 1.90 bits per heavy atom. The van der Waals surface area contributed by atoms with Crippen LogP contribution in [0.1, 0.15) is 47.5 Å². The van der Waals surface area contributed by atoms with E-state index in [-0.39, 0.29) is 5.04 Å². The summed E-state index contributed by atoms with van der Waals surface area (Å²) in [5.74, 6) is 0.955. The lowest BCUT2D eigenvalue weighted by molar-refractivity contribution is 0.221. The molecule has 0 bridgehead atoms. The van der Waals surface area contributed by atoms with Crippen molar-refractivity contribution in [3.8, 4) is 0 Å². The Morgan fingerprint density at radius 2 is 1.45 bits per heavy atom. The molecule has 0 heterocycles. The van der Waals surface area contributed by atoms with Gasteiger partial charge in [-0.1, -0.05) is 100 Å². The van der Waals surface area contributed by atoms with Crippen molar-refractivity contribution in [1.29, 1.82) is 0 Å². The van der Waals surface area contributed by atoms with E-state index in [1.54, 1.807) is 0 Å². The minimum absolute atomic E-state index is 0.00253. The standard InChI is InChI=1S/C24H35N3OSi/c1-20(16-17-26-27-25)18-21(2)19-28-29(24(3,4)5,22-12-8-6-9-13-22)23-14-10-7-11-15-23/h6-15,20-21H,16-19H2,1-5H3/t20-,21-/m1/s1. The van der Waals surface area contributed by atoms with Crippen LogP contribution >= 0.6 is 0 Å². The molecule has 0 saturated heterocycles. The average molecular weight is 410 g/mol. The van der Waals surface area contributed by atoms with E-state index >= 15 is 0 Å². The van der Waals surface area contributed by atoms with E-state index in [2.05, 4.69) is 105 Å². The lowest BCUT2D eigenvalue weighted by Gasteiger charge is -2.43. The van der Waals surface area contributed by atoms with Gasteiger partial charge in [0.25, 0.3) is 8.32 Å². The summed E-state index contributed by atoms with van der Waals surface area (Å²) in [6, 6.07) is 21.6. The predicted molar refractivity (Wildman–Crippen MR) is 125 cm³/mol. The monoisotopic (exact) mass is 409 g/mol. The van der Waals surface area contributed by atoms with Crippen LogP contribution in [0.15, 0.2) is 65.8 Å². The number of azide groups is 1. The van der Waals surface area contributed by atoms with Crippen molar-refractivity contribution >= 4 is 18.7 Å². The van der Waals surface area contributed by atoms with E-state index in [4.69, 9.17) is 9.96 Å². The summed E-state index contributed by atoms with van der Waals surface area (Å²) in [5.41, 5.74) is 8.47. The first kappa shape index (κ1) is 23.2.